The van der Waals surface area contributed by atoms with Crippen molar-refractivity contribution in [1.29, 1.82) is 0 Å². The molecule has 1 amide bonds. The number of nitrogens with one attached hydrogen (secondary N) is 2. The summed E-state index contributed by atoms with van der Waals surface area (Å²) in [4.78, 5) is 22.3. The lowest BCUT2D eigenvalue weighted by atomic mass is 10.1. The van der Waals surface area contributed by atoms with Crippen LogP contribution in [0.4, 0.5) is 5.69 Å². The van der Waals surface area contributed by atoms with Crippen molar-refractivity contribution in [2.45, 2.75) is 13.3 Å². The Morgan fingerprint density at radius 2 is 2.19 bits per heavy atom. The normalized spacial score (nSPS) is 13.9. The zero-order valence-electron chi connectivity index (χ0n) is 11.7. The molecule has 0 aliphatic carbocycles. The van der Waals surface area contributed by atoms with Crippen molar-refractivity contribution in [3.05, 3.63) is 51.1 Å². The molecule has 1 aromatic rings. The van der Waals surface area contributed by atoms with Gasteiger partial charge < -0.3 is 10.6 Å². The minimum Gasteiger partial charge on any atom is -0.348 e. The molecule has 1 heterocycles. The van der Waals surface area contributed by atoms with Crippen molar-refractivity contribution in [3.8, 4) is 0 Å². The van der Waals surface area contributed by atoms with Crippen molar-refractivity contribution < 1.29 is 9.72 Å². The number of amides is 1. The number of hydrogen-bond donors (Lipinski definition) is 2. The van der Waals surface area contributed by atoms with Gasteiger partial charge >= 0.3 is 0 Å². The highest BCUT2D eigenvalue weighted by atomic mass is 35.5. The van der Waals surface area contributed by atoms with Crippen LogP contribution in [0.25, 0.3) is 0 Å². The number of carbonyl (C=O) groups excluding carboxylic acids is 1. The van der Waals surface area contributed by atoms with E-state index < -0.39 is 4.92 Å². The first-order valence-electron chi connectivity index (χ1n) is 6.49. The van der Waals surface area contributed by atoms with Gasteiger partial charge in [0.25, 0.3) is 11.6 Å². The molecule has 7 heteroatoms. The summed E-state index contributed by atoms with van der Waals surface area (Å²) in [6, 6.07) is 4.41. The van der Waals surface area contributed by atoms with Gasteiger partial charge in [-0.05, 0) is 31.5 Å². The second kappa shape index (κ2) is 7.75. The van der Waals surface area contributed by atoms with Crippen molar-refractivity contribution in [2.24, 2.45) is 0 Å². The number of nitro benzene ring substituents is 1. The van der Waals surface area contributed by atoms with Gasteiger partial charge in [-0.3, -0.25) is 14.9 Å². The fourth-order valence-corrected chi connectivity index (χ4v) is 2.13. The molecule has 1 aliphatic heterocycles. The van der Waals surface area contributed by atoms with Crippen LogP contribution in [0.5, 0.6) is 0 Å². The molecule has 0 radical (unpaired) electrons. The molecule has 114 valence electrons. The van der Waals surface area contributed by atoms with Crippen molar-refractivity contribution in [3.63, 3.8) is 0 Å². The van der Waals surface area contributed by atoms with Crippen molar-refractivity contribution in [1.82, 2.24) is 10.6 Å². The van der Waals surface area contributed by atoms with E-state index >= 15 is 0 Å². The quantitative estimate of drug-likeness (QED) is 0.506. The van der Waals surface area contributed by atoms with E-state index in [1.54, 1.807) is 13.0 Å². The number of nitrogens with zero attached hydrogens (tertiary/aromatic N) is 1. The maximum atomic E-state index is 12.0. The van der Waals surface area contributed by atoms with Crippen LogP contribution >= 0.6 is 12.4 Å². The third-order valence-electron chi connectivity index (χ3n) is 3.17. The van der Waals surface area contributed by atoms with Gasteiger partial charge in [-0.15, -0.1) is 12.4 Å². The first-order chi connectivity index (χ1) is 9.56. The maximum Gasteiger partial charge on any atom is 0.270 e. The molecule has 2 rings (SSSR count). The summed E-state index contributed by atoms with van der Waals surface area (Å²) < 4.78 is 0. The molecule has 0 spiro atoms. The molecule has 2 N–H and O–H groups in total. The second-order valence-corrected chi connectivity index (χ2v) is 4.81. The fourth-order valence-electron chi connectivity index (χ4n) is 2.13. The molecule has 21 heavy (non-hydrogen) atoms. The summed E-state index contributed by atoms with van der Waals surface area (Å²) in [6.45, 7) is 3.96. The predicted octanol–water partition coefficient (Wildman–Crippen LogP) is 1.97. The molecule has 0 unspecified atom stereocenters. The Morgan fingerprint density at radius 3 is 2.81 bits per heavy atom. The lowest BCUT2D eigenvalue weighted by Gasteiger charge is -2.14. The summed E-state index contributed by atoms with van der Waals surface area (Å²) in [5.41, 5.74) is 2.15. The molecule has 6 nitrogen and oxygen atoms in total. The summed E-state index contributed by atoms with van der Waals surface area (Å²) in [5, 5.41) is 16.8. The number of non-ortho nitro benzene ring substituents is 1. The van der Waals surface area contributed by atoms with E-state index in [0.29, 0.717) is 17.7 Å². The average Bonchev–Trinajstić information content (AvgIpc) is 2.45. The van der Waals surface area contributed by atoms with Gasteiger partial charge in [0.15, 0.2) is 0 Å². The van der Waals surface area contributed by atoms with E-state index in [9.17, 15) is 14.9 Å². The monoisotopic (exact) mass is 311 g/mol. The highest BCUT2D eigenvalue weighted by Crippen LogP contribution is 2.16. The van der Waals surface area contributed by atoms with Crippen LogP contribution in [0.1, 0.15) is 22.3 Å². The van der Waals surface area contributed by atoms with Crippen LogP contribution in [0, 0.1) is 17.0 Å². The second-order valence-electron chi connectivity index (χ2n) is 4.81. The molecular weight excluding hydrogens is 294 g/mol. The van der Waals surface area contributed by atoms with Crippen LogP contribution < -0.4 is 10.6 Å². The Kier molecular flexibility index (Phi) is 6.33. The molecular formula is C14H18ClN3O3. The van der Waals surface area contributed by atoms with Crippen LogP contribution in [-0.4, -0.2) is 30.5 Å². The Labute approximate surface area is 129 Å². The number of halogens is 1. The Morgan fingerprint density at radius 1 is 1.43 bits per heavy atom. The van der Waals surface area contributed by atoms with E-state index in [-0.39, 0.29) is 24.0 Å². The van der Waals surface area contributed by atoms with Gasteiger partial charge in [0, 0.05) is 30.8 Å². The number of carbonyl (C=O) groups is 1. The van der Waals surface area contributed by atoms with Crippen LogP contribution in [0.15, 0.2) is 29.8 Å². The van der Waals surface area contributed by atoms with E-state index in [2.05, 4.69) is 16.7 Å². The predicted molar refractivity (Wildman–Crippen MR) is 83.0 cm³/mol. The highest BCUT2D eigenvalue weighted by Gasteiger charge is 2.13. The third kappa shape index (κ3) is 4.84. The third-order valence-corrected chi connectivity index (χ3v) is 3.17. The van der Waals surface area contributed by atoms with E-state index in [1.165, 1.54) is 17.7 Å². The Hall–Kier alpha value is -1.92. The Bertz CT molecular complexity index is 573. The van der Waals surface area contributed by atoms with Gasteiger partial charge in [-0.25, -0.2) is 0 Å². The van der Waals surface area contributed by atoms with Gasteiger partial charge in [0.2, 0.25) is 0 Å². The minimum atomic E-state index is -0.487. The molecule has 1 aromatic carbocycles. The van der Waals surface area contributed by atoms with E-state index in [1.807, 2.05) is 0 Å². The molecule has 0 aromatic heterocycles. The minimum absolute atomic E-state index is 0. The largest absolute Gasteiger partial charge is 0.348 e. The van der Waals surface area contributed by atoms with Gasteiger partial charge in [-0.2, -0.15) is 0 Å². The van der Waals surface area contributed by atoms with E-state index in [4.69, 9.17) is 0 Å². The number of benzene rings is 1. The maximum absolute atomic E-state index is 12.0. The van der Waals surface area contributed by atoms with Gasteiger partial charge in [-0.1, -0.05) is 11.6 Å². The molecule has 0 fully saturated rings. The van der Waals surface area contributed by atoms with Gasteiger partial charge in [0.05, 0.1) is 4.92 Å². The lowest BCUT2D eigenvalue weighted by molar-refractivity contribution is -0.384. The zero-order valence-corrected chi connectivity index (χ0v) is 12.5. The zero-order chi connectivity index (χ0) is 14.5. The average molecular weight is 312 g/mol. The lowest BCUT2D eigenvalue weighted by Crippen LogP contribution is -2.29. The molecule has 1 aliphatic rings. The summed E-state index contributed by atoms with van der Waals surface area (Å²) in [6.07, 6.45) is 2.97. The highest BCUT2D eigenvalue weighted by molar-refractivity contribution is 5.95. The van der Waals surface area contributed by atoms with Crippen LogP contribution in [0.2, 0.25) is 0 Å². The standard InChI is InChI=1S/C14H17N3O3.ClH/c1-10-6-12(8-13(7-10)17(19)20)14(18)16-9-11-2-4-15-5-3-11;/h2,6-8,15H,3-5,9H2,1H3,(H,16,18);1H. The topological polar surface area (TPSA) is 84.3 Å². The summed E-state index contributed by atoms with van der Waals surface area (Å²) in [5.74, 6) is -0.281. The first kappa shape index (κ1) is 17.1. The summed E-state index contributed by atoms with van der Waals surface area (Å²) >= 11 is 0. The number of nitro groups is 1. The smallest absolute Gasteiger partial charge is 0.270 e. The number of rotatable bonds is 4. The van der Waals surface area contributed by atoms with Crippen molar-refractivity contribution >= 4 is 24.0 Å². The molecule has 0 atom stereocenters. The van der Waals surface area contributed by atoms with E-state index in [0.717, 1.165) is 19.5 Å². The SMILES string of the molecule is Cc1cc(C(=O)NCC2=CCNCC2)cc([N+](=O)[O-])c1.Cl. The Balaban J connectivity index is 0.00000220. The van der Waals surface area contributed by atoms with Crippen LogP contribution in [-0.2, 0) is 0 Å². The summed E-state index contributed by atoms with van der Waals surface area (Å²) in [7, 11) is 0. The molecule has 0 bridgehead atoms. The number of aryl methyl sites for hydroxylation is 1. The molecule has 0 saturated carbocycles. The van der Waals surface area contributed by atoms with Gasteiger partial charge in [0.1, 0.15) is 0 Å². The van der Waals surface area contributed by atoms with Crippen molar-refractivity contribution in [2.75, 3.05) is 19.6 Å². The number of hydrogen-bond acceptors (Lipinski definition) is 4. The molecule has 0 saturated heterocycles. The fraction of sp³-hybridized carbons (Fsp3) is 0.357. The first-order valence-corrected chi connectivity index (χ1v) is 6.49. The van der Waals surface area contributed by atoms with Crippen LogP contribution in [0.3, 0.4) is 0 Å².